The van der Waals surface area contributed by atoms with Crippen LogP contribution < -0.4 is 5.32 Å². The minimum Gasteiger partial charge on any atom is -0.456 e. The van der Waals surface area contributed by atoms with Gasteiger partial charge in [0.25, 0.3) is 0 Å². The maximum Gasteiger partial charge on any atom is 0.472 e. The smallest absolute Gasteiger partial charge is 0.456 e. The molecule has 3 atom stereocenters. The van der Waals surface area contributed by atoms with E-state index in [0.29, 0.717) is 17.4 Å². The highest BCUT2D eigenvalue weighted by atomic mass is 31.2. The highest BCUT2D eigenvalue weighted by Gasteiger charge is 2.30. The third kappa shape index (κ3) is 66.6. The number of nitrogens with zero attached hydrogens (tertiary/aromatic N) is 1. The number of carbonyl (C=O) groups excluding carboxylic acids is 2. The van der Waals surface area contributed by atoms with Gasteiger partial charge >= 0.3 is 13.8 Å². The van der Waals surface area contributed by atoms with Crippen LogP contribution in [0.1, 0.15) is 297 Å². The number of hydrogen-bond donors (Lipinski definition) is 2. The zero-order valence-electron chi connectivity index (χ0n) is 57.7. The highest BCUT2D eigenvalue weighted by molar-refractivity contribution is 7.47. The largest absolute Gasteiger partial charge is 0.472 e. The Labute approximate surface area is 543 Å². The first-order chi connectivity index (χ1) is 42.9. The number of rotatable bonds is 64. The third-order valence-corrected chi connectivity index (χ3v) is 16.3. The molecule has 504 valence electrons. The average Bonchev–Trinajstić information content (AvgIpc) is 3.66. The molecule has 0 saturated carbocycles. The summed E-state index contributed by atoms with van der Waals surface area (Å²) in [7, 11) is 1.47. The van der Waals surface area contributed by atoms with Gasteiger partial charge in [-0.15, -0.1) is 0 Å². The number of unbranched alkanes of at least 4 members (excludes halogenated alkanes) is 28. The summed E-state index contributed by atoms with van der Waals surface area (Å²) in [6.07, 6.45) is 94.6. The molecule has 0 bridgehead atoms. The lowest BCUT2D eigenvalue weighted by Gasteiger charge is -2.27. The van der Waals surface area contributed by atoms with Crippen molar-refractivity contribution in [2.24, 2.45) is 0 Å². The number of nitrogens with one attached hydrogen (secondary N) is 1. The fraction of sp³-hybridized carbons (Fsp3) is 0.692. The van der Waals surface area contributed by atoms with Crippen LogP contribution in [0, 0.1) is 0 Å². The molecule has 0 radical (unpaired) electrons. The number of carbonyl (C=O) groups is 2. The van der Waals surface area contributed by atoms with Gasteiger partial charge in [0.15, 0.2) is 0 Å². The van der Waals surface area contributed by atoms with E-state index in [9.17, 15) is 19.0 Å². The average molecular weight is 1240 g/mol. The molecule has 88 heavy (non-hydrogen) atoms. The van der Waals surface area contributed by atoms with Crippen molar-refractivity contribution < 1.29 is 37.3 Å². The molecule has 0 fully saturated rings. The van der Waals surface area contributed by atoms with E-state index in [4.69, 9.17) is 13.8 Å². The number of esters is 1. The van der Waals surface area contributed by atoms with E-state index < -0.39 is 20.0 Å². The molecule has 0 aliphatic carbocycles. The second-order valence-corrected chi connectivity index (χ2v) is 26.4. The Morgan fingerprint density at radius 2 is 0.727 bits per heavy atom. The monoisotopic (exact) mass is 1240 g/mol. The van der Waals surface area contributed by atoms with Crippen molar-refractivity contribution in [1.29, 1.82) is 0 Å². The Kier molecular flexibility index (Phi) is 63.2. The summed E-state index contributed by atoms with van der Waals surface area (Å²) in [6, 6.07) is -0.865. The fourth-order valence-corrected chi connectivity index (χ4v) is 10.6. The molecule has 3 unspecified atom stereocenters. The zero-order valence-corrected chi connectivity index (χ0v) is 58.6. The Hall–Kier alpha value is -3.85. The van der Waals surface area contributed by atoms with Crippen molar-refractivity contribution in [3.63, 3.8) is 0 Å². The molecule has 9 nitrogen and oxygen atoms in total. The summed E-state index contributed by atoms with van der Waals surface area (Å²) in [6.45, 7) is 6.78. The van der Waals surface area contributed by atoms with E-state index in [1.807, 2.05) is 33.3 Å². The van der Waals surface area contributed by atoms with Crippen LogP contribution in [-0.2, 0) is 27.9 Å². The van der Waals surface area contributed by atoms with Crippen LogP contribution in [0.4, 0.5) is 0 Å². The van der Waals surface area contributed by atoms with Crippen molar-refractivity contribution in [3.05, 3.63) is 134 Å². The number of amides is 1. The topological polar surface area (TPSA) is 111 Å². The predicted octanol–water partition coefficient (Wildman–Crippen LogP) is 23.2. The van der Waals surface area contributed by atoms with Crippen molar-refractivity contribution in [3.8, 4) is 0 Å². The van der Waals surface area contributed by atoms with Crippen molar-refractivity contribution in [1.82, 2.24) is 5.32 Å². The quantitative estimate of drug-likeness (QED) is 0.0205. The standard InChI is InChI=1S/C78H135N2O7P/c1-7-10-13-16-19-22-25-28-30-32-34-36-38-39-40-41-43-44-46-48-50-52-55-58-61-64-67-70-77(81)79-75(74-86-88(83,84)85-73-72-80(4,5)6)76(69-66-63-60-57-54-27-24-21-18-15-12-9-3)87-78(82)71-68-65-62-59-56-53-51-49-47-45-42-37-35-33-31-29-26-23-20-17-14-11-8-2/h10-11,13-14,19-20,22-23,28-31,34-37,39-40,45,47,66,69,75-76H,7-9,12,15-18,21,24-27,32-33,38,41-44,46,48-65,67-68,70-74H2,1-6H3,(H-,79,81,83,84)/p+1/b13-10-,14-11-,22-19-,23-20-,30-28-,31-29-,36-34-,37-35-,40-39-,47-45-,69-66-. The maximum atomic E-state index is 13.6. The van der Waals surface area contributed by atoms with Gasteiger partial charge < -0.3 is 19.4 Å². The molecular formula is C78H136N2O7P+. The molecule has 0 spiro atoms. The summed E-state index contributed by atoms with van der Waals surface area (Å²) < 4.78 is 30.8. The van der Waals surface area contributed by atoms with E-state index in [0.717, 1.165) is 148 Å². The first kappa shape index (κ1) is 84.2. The van der Waals surface area contributed by atoms with E-state index in [1.165, 1.54) is 116 Å². The normalized spacial score (nSPS) is 14.3. The van der Waals surface area contributed by atoms with Gasteiger partial charge in [0.1, 0.15) is 19.3 Å². The summed E-state index contributed by atoms with van der Waals surface area (Å²) in [5.41, 5.74) is 0. The van der Waals surface area contributed by atoms with Crippen LogP contribution >= 0.6 is 7.82 Å². The Balaban J connectivity index is 5.09. The van der Waals surface area contributed by atoms with Crippen LogP contribution in [0.5, 0.6) is 0 Å². The molecule has 1 amide bonds. The number of quaternary nitrogens is 1. The highest BCUT2D eigenvalue weighted by Crippen LogP contribution is 2.43. The van der Waals surface area contributed by atoms with E-state index in [-0.39, 0.29) is 31.5 Å². The van der Waals surface area contributed by atoms with E-state index in [1.54, 1.807) is 0 Å². The van der Waals surface area contributed by atoms with Crippen molar-refractivity contribution in [2.75, 3.05) is 40.9 Å². The zero-order chi connectivity index (χ0) is 64.2. The third-order valence-electron chi connectivity index (χ3n) is 15.3. The molecule has 0 aliphatic rings. The van der Waals surface area contributed by atoms with Gasteiger partial charge in [-0.25, -0.2) is 4.57 Å². The lowest BCUT2D eigenvalue weighted by atomic mass is 10.0. The molecule has 0 aliphatic heterocycles. The number of phosphoric acid groups is 1. The second kappa shape index (κ2) is 66.1. The summed E-state index contributed by atoms with van der Waals surface area (Å²) in [4.78, 5) is 37.9. The molecule has 0 saturated heterocycles. The van der Waals surface area contributed by atoms with Gasteiger partial charge in [-0.3, -0.25) is 18.6 Å². The molecule has 0 rings (SSSR count). The molecular weight excluding hydrogens is 1110 g/mol. The number of phosphoric ester groups is 1. The summed E-state index contributed by atoms with van der Waals surface area (Å²) in [5.74, 6) is -0.524. The summed E-state index contributed by atoms with van der Waals surface area (Å²) >= 11 is 0. The van der Waals surface area contributed by atoms with Gasteiger partial charge in [0.05, 0.1) is 33.8 Å². The first-order valence-corrected chi connectivity index (χ1v) is 37.5. The molecule has 0 aromatic rings. The van der Waals surface area contributed by atoms with Gasteiger partial charge in [0, 0.05) is 12.8 Å². The number of likely N-dealkylation sites (N-methyl/N-ethyl adjacent to an activating group) is 1. The van der Waals surface area contributed by atoms with Gasteiger partial charge in [-0.2, -0.15) is 0 Å². The molecule has 2 N–H and O–H groups in total. The number of hydrogen-bond acceptors (Lipinski definition) is 6. The minimum absolute atomic E-state index is 0.0313. The van der Waals surface area contributed by atoms with Crippen molar-refractivity contribution >= 4 is 19.7 Å². The Bertz CT molecular complexity index is 1970. The van der Waals surface area contributed by atoms with Crippen LogP contribution in [0.2, 0.25) is 0 Å². The lowest BCUT2D eigenvalue weighted by Crippen LogP contribution is -2.47. The van der Waals surface area contributed by atoms with Crippen LogP contribution in [-0.4, -0.2) is 74.3 Å². The molecule has 0 aromatic carbocycles. The molecule has 0 aromatic heterocycles. The summed E-state index contributed by atoms with van der Waals surface area (Å²) in [5, 5.41) is 3.07. The second-order valence-electron chi connectivity index (χ2n) is 25.0. The minimum atomic E-state index is -4.47. The van der Waals surface area contributed by atoms with Crippen LogP contribution in [0.15, 0.2) is 134 Å². The fourth-order valence-electron chi connectivity index (χ4n) is 9.88. The van der Waals surface area contributed by atoms with E-state index in [2.05, 4.69) is 148 Å². The molecule has 10 heteroatoms. The first-order valence-electron chi connectivity index (χ1n) is 36.0. The predicted molar refractivity (Wildman–Crippen MR) is 383 cm³/mol. The van der Waals surface area contributed by atoms with Crippen molar-refractivity contribution in [2.45, 2.75) is 309 Å². The number of ether oxygens (including phenoxy) is 1. The van der Waals surface area contributed by atoms with Gasteiger partial charge in [-0.05, 0) is 122 Å². The lowest BCUT2D eigenvalue weighted by molar-refractivity contribution is -0.870. The SMILES string of the molecule is CC/C=C\C/C=C\C/C=C\C/C=C\C/C=C\CCCCCCCCCCCCCC(=O)NC(COP(=O)(O)OCC[N+](C)(C)C)C(/C=C\CCCCCCCCCCCC)OC(=O)CCCCCCCCC/C=C\C/C=C\C/C=C\C/C=C\C/C=C\CC. The van der Waals surface area contributed by atoms with Gasteiger partial charge in [0.2, 0.25) is 5.91 Å². The van der Waals surface area contributed by atoms with Gasteiger partial charge in [-0.1, -0.05) is 296 Å². The number of allylic oxidation sites excluding steroid dienone is 21. The van der Waals surface area contributed by atoms with Crippen LogP contribution in [0.3, 0.4) is 0 Å². The Morgan fingerprint density at radius 3 is 1.09 bits per heavy atom. The maximum absolute atomic E-state index is 13.6. The molecule has 0 heterocycles. The van der Waals surface area contributed by atoms with Crippen LogP contribution in [0.25, 0.3) is 0 Å². The Morgan fingerprint density at radius 1 is 0.409 bits per heavy atom. The van der Waals surface area contributed by atoms with E-state index >= 15 is 0 Å².